The number of nitrogens with one attached hydrogen (secondary N) is 1. The van der Waals surface area contributed by atoms with Gasteiger partial charge in [-0.25, -0.2) is 4.98 Å². The smallest absolute Gasteiger partial charge is 0.257 e. The van der Waals surface area contributed by atoms with E-state index in [-0.39, 0.29) is 11.3 Å². The second-order valence-electron chi connectivity index (χ2n) is 10.7. The third-order valence-electron chi connectivity index (χ3n) is 7.35. The number of primary amides is 1. The van der Waals surface area contributed by atoms with E-state index in [1.54, 1.807) is 0 Å². The molecule has 6 heteroatoms. The van der Waals surface area contributed by atoms with Gasteiger partial charge in [0.05, 0.1) is 22.3 Å². The average molecular weight is 498 g/mol. The molecule has 1 atom stereocenters. The fraction of sp³-hybridized carbons (Fsp3) is 0.300. The van der Waals surface area contributed by atoms with E-state index in [2.05, 4.69) is 26.1 Å². The van der Waals surface area contributed by atoms with Gasteiger partial charge in [-0.3, -0.25) is 9.59 Å². The molecule has 5 rings (SSSR count). The van der Waals surface area contributed by atoms with Crippen molar-refractivity contribution in [3.05, 3.63) is 81.7 Å². The zero-order valence-corrected chi connectivity index (χ0v) is 22.0. The Balaban J connectivity index is 1.56. The average Bonchev–Trinajstić information content (AvgIpc) is 3.20. The number of hydrogen-bond donors (Lipinski definition) is 2. The number of thiophene rings is 1. The lowest BCUT2D eigenvalue weighted by atomic mass is 9.72. The van der Waals surface area contributed by atoms with Crippen molar-refractivity contribution < 1.29 is 9.59 Å². The molecule has 2 aromatic heterocycles. The molecule has 0 saturated carbocycles. The van der Waals surface area contributed by atoms with Crippen molar-refractivity contribution in [2.24, 2.45) is 17.1 Å². The fourth-order valence-electron chi connectivity index (χ4n) is 5.21. The van der Waals surface area contributed by atoms with Crippen LogP contribution >= 0.6 is 11.3 Å². The van der Waals surface area contributed by atoms with Gasteiger partial charge < -0.3 is 11.1 Å². The van der Waals surface area contributed by atoms with Gasteiger partial charge in [0, 0.05) is 15.8 Å². The van der Waals surface area contributed by atoms with Gasteiger partial charge in [0.2, 0.25) is 0 Å². The normalized spacial score (nSPS) is 15.5. The Kier molecular flexibility index (Phi) is 6.17. The second-order valence-corrected chi connectivity index (χ2v) is 11.8. The van der Waals surface area contributed by atoms with Gasteiger partial charge in [-0.15, -0.1) is 11.3 Å². The van der Waals surface area contributed by atoms with Crippen molar-refractivity contribution in [2.45, 2.75) is 47.0 Å². The molecular formula is C30H31N3O2S. The molecule has 2 aromatic carbocycles. The van der Waals surface area contributed by atoms with Crippen molar-refractivity contribution in [3.8, 4) is 11.3 Å². The standard InChI is InChI=1S/C30H31N3O2S/c1-17-9-5-6-10-19(17)24-16-22(20-11-7-8-12-23(20)32-24)28(35)33-29-26(27(31)34)21-14-13-18(30(2,3)4)15-25(21)36-29/h5-12,16,18H,13-15H2,1-4H3,(H2,31,34)(H,33,35). The quantitative estimate of drug-likeness (QED) is 0.326. The summed E-state index contributed by atoms with van der Waals surface area (Å²) in [5, 5.41) is 4.37. The summed E-state index contributed by atoms with van der Waals surface area (Å²) in [5.41, 5.74) is 11.6. The highest BCUT2D eigenvalue weighted by Crippen LogP contribution is 2.44. The number of fused-ring (bicyclic) bond motifs is 2. The highest BCUT2D eigenvalue weighted by Gasteiger charge is 2.33. The molecule has 0 radical (unpaired) electrons. The molecule has 0 saturated heterocycles. The summed E-state index contributed by atoms with van der Waals surface area (Å²) in [5.74, 6) is -0.233. The van der Waals surface area contributed by atoms with Gasteiger partial charge >= 0.3 is 0 Å². The lowest BCUT2D eigenvalue weighted by Crippen LogP contribution is -2.27. The van der Waals surface area contributed by atoms with E-state index in [0.29, 0.717) is 22.0 Å². The first-order valence-electron chi connectivity index (χ1n) is 12.3. The maximum absolute atomic E-state index is 13.7. The van der Waals surface area contributed by atoms with Gasteiger partial charge in [-0.05, 0) is 60.8 Å². The molecule has 184 valence electrons. The summed E-state index contributed by atoms with van der Waals surface area (Å²) in [4.78, 5) is 32.2. The van der Waals surface area contributed by atoms with Crippen molar-refractivity contribution in [1.82, 2.24) is 4.98 Å². The summed E-state index contributed by atoms with van der Waals surface area (Å²) >= 11 is 1.49. The first kappa shape index (κ1) is 24.2. The number of pyridine rings is 1. The van der Waals surface area contributed by atoms with E-state index < -0.39 is 5.91 Å². The van der Waals surface area contributed by atoms with E-state index in [1.165, 1.54) is 11.3 Å². The Morgan fingerprint density at radius 1 is 1.08 bits per heavy atom. The van der Waals surface area contributed by atoms with E-state index in [9.17, 15) is 9.59 Å². The molecule has 0 bridgehead atoms. The van der Waals surface area contributed by atoms with Gasteiger partial charge in [0.25, 0.3) is 11.8 Å². The first-order chi connectivity index (χ1) is 17.1. The molecule has 0 fully saturated rings. The molecule has 1 aliphatic carbocycles. The van der Waals surface area contributed by atoms with Crippen molar-refractivity contribution in [3.63, 3.8) is 0 Å². The third kappa shape index (κ3) is 4.42. The number of carbonyl (C=O) groups excluding carboxylic acids is 2. The molecule has 0 aliphatic heterocycles. The predicted octanol–water partition coefficient (Wildman–Crippen LogP) is 6.77. The molecule has 5 nitrogen and oxygen atoms in total. The molecule has 36 heavy (non-hydrogen) atoms. The molecule has 3 N–H and O–H groups in total. The minimum Gasteiger partial charge on any atom is -0.365 e. The lowest BCUT2D eigenvalue weighted by molar-refractivity contribution is 0.1000. The Morgan fingerprint density at radius 2 is 1.81 bits per heavy atom. The van der Waals surface area contributed by atoms with Crippen LogP contribution in [0.3, 0.4) is 0 Å². The zero-order chi connectivity index (χ0) is 25.6. The Morgan fingerprint density at radius 3 is 2.53 bits per heavy atom. The number of aromatic nitrogens is 1. The molecule has 1 unspecified atom stereocenters. The van der Waals surface area contributed by atoms with Gasteiger partial charge in [0.1, 0.15) is 5.00 Å². The molecule has 2 heterocycles. The van der Waals surface area contributed by atoms with Crippen LogP contribution in [0.25, 0.3) is 22.2 Å². The number of hydrogen-bond acceptors (Lipinski definition) is 4. The fourth-order valence-corrected chi connectivity index (χ4v) is 6.53. The maximum Gasteiger partial charge on any atom is 0.257 e. The number of amides is 2. The topological polar surface area (TPSA) is 85.1 Å². The summed E-state index contributed by atoms with van der Waals surface area (Å²) in [7, 11) is 0. The molecular weight excluding hydrogens is 466 g/mol. The van der Waals surface area contributed by atoms with Crippen LogP contribution < -0.4 is 11.1 Å². The third-order valence-corrected chi connectivity index (χ3v) is 8.52. The van der Waals surface area contributed by atoms with E-state index >= 15 is 0 Å². The van der Waals surface area contributed by atoms with Crippen LogP contribution in [0.4, 0.5) is 5.00 Å². The molecule has 2 amide bonds. The largest absolute Gasteiger partial charge is 0.365 e. The highest BCUT2D eigenvalue weighted by atomic mass is 32.1. The van der Waals surface area contributed by atoms with E-state index in [0.717, 1.165) is 57.4 Å². The SMILES string of the molecule is Cc1ccccc1-c1cc(C(=O)Nc2sc3c(c2C(N)=O)CCC(C(C)(C)C)C3)c2ccccc2n1. The van der Waals surface area contributed by atoms with Gasteiger partial charge in [-0.1, -0.05) is 63.2 Å². The van der Waals surface area contributed by atoms with Crippen LogP contribution in [0.5, 0.6) is 0 Å². The Labute approximate surface area is 215 Å². The van der Waals surface area contributed by atoms with Crippen LogP contribution in [0.1, 0.15) is 63.9 Å². The van der Waals surface area contributed by atoms with Crippen LogP contribution in [0.15, 0.2) is 54.6 Å². The number of carbonyl (C=O) groups is 2. The monoisotopic (exact) mass is 497 g/mol. The number of nitrogens with two attached hydrogens (primary N) is 1. The van der Waals surface area contributed by atoms with Crippen molar-refractivity contribution in [2.75, 3.05) is 5.32 Å². The number of rotatable bonds is 4. The predicted molar refractivity (Wildman–Crippen MR) is 148 cm³/mol. The van der Waals surface area contributed by atoms with Gasteiger partial charge in [0.15, 0.2) is 0 Å². The maximum atomic E-state index is 13.7. The number of aryl methyl sites for hydroxylation is 1. The highest BCUT2D eigenvalue weighted by molar-refractivity contribution is 7.17. The molecule has 1 aliphatic rings. The summed E-state index contributed by atoms with van der Waals surface area (Å²) in [6, 6.07) is 17.5. The van der Waals surface area contributed by atoms with Crippen LogP contribution in [-0.2, 0) is 12.8 Å². The number of anilines is 1. The minimum atomic E-state index is -0.489. The van der Waals surface area contributed by atoms with Crippen LogP contribution in [-0.4, -0.2) is 16.8 Å². The summed E-state index contributed by atoms with van der Waals surface area (Å²) < 4.78 is 0. The van der Waals surface area contributed by atoms with Crippen LogP contribution in [0.2, 0.25) is 0 Å². The van der Waals surface area contributed by atoms with Crippen LogP contribution in [0, 0.1) is 18.3 Å². The number of benzene rings is 2. The first-order valence-corrected chi connectivity index (χ1v) is 13.2. The van der Waals surface area contributed by atoms with Crippen molar-refractivity contribution in [1.29, 1.82) is 0 Å². The lowest BCUT2D eigenvalue weighted by Gasteiger charge is -2.33. The Bertz CT molecular complexity index is 1500. The summed E-state index contributed by atoms with van der Waals surface area (Å²) in [6.45, 7) is 8.81. The van der Waals surface area contributed by atoms with E-state index in [4.69, 9.17) is 10.7 Å². The number of nitrogens with zero attached hydrogens (tertiary/aromatic N) is 1. The Hall–Kier alpha value is -3.51. The second kappa shape index (κ2) is 9.17. The molecule has 4 aromatic rings. The van der Waals surface area contributed by atoms with Gasteiger partial charge in [-0.2, -0.15) is 0 Å². The minimum absolute atomic E-state index is 0.180. The van der Waals surface area contributed by atoms with E-state index in [1.807, 2.05) is 61.5 Å². The molecule has 0 spiro atoms. The number of para-hydroxylation sites is 1. The zero-order valence-electron chi connectivity index (χ0n) is 21.1. The van der Waals surface area contributed by atoms with Crippen molar-refractivity contribution >= 4 is 39.1 Å². The summed E-state index contributed by atoms with van der Waals surface area (Å²) in [6.07, 6.45) is 2.71.